The number of aryl methyl sites for hydroxylation is 1. The Balaban J connectivity index is 1.73. The van der Waals surface area contributed by atoms with E-state index in [0.717, 1.165) is 18.4 Å². The maximum Gasteiger partial charge on any atom is 0.308 e. The van der Waals surface area contributed by atoms with E-state index in [1.807, 2.05) is 19.4 Å². The monoisotopic (exact) mass is 263 g/mol. The van der Waals surface area contributed by atoms with Crippen LogP contribution in [0.15, 0.2) is 12.4 Å². The molecule has 2 bridgehead atoms. The molecule has 5 nitrogen and oxygen atoms in total. The average molecular weight is 263 g/mol. The highest BCUT2D eigenvalue weighted by Gasteiger charge is 2.51. The van der Waals surface area contributed by atoms with E-state index in [1.54, 1.807) is 4.68 Å². The van der Waals surface area contributed by atoms with E-state index < -0.39 is 5.97 Å². The van der Waals surface area contributed by atoms with E-state index in [1.165, 1.54) is 6.42 Å². The Bertz CT molecular complexity index is 485. The molecule has 2 N–H and O–H groups in total. The zero-order chi connectivity index (χ0) is 13.6. The lowest BCUT2D eigenvalue weighted by molar-refractivity contribution is -0.144. The van der Waals surface area contributed by atoms with Crippen molar-refractivity contribution in [1.29, 1.82) is 0 Å². The molecule has 2 aliphatic rings. The number of rotatable bonds is 4. The number of carboxylic acids is 1. The minimum absolute atomic E-state index is 0.117. The molecule has 2 fully saturated rings. The highest BCUT2D eigenvalue weighted by atomic mass is 16.4. The first-order valence-electron chi connectivity index (χ1n) is 7.03. The zero-order valence-corrected chi connectivity index (χ0v) is 11.4. The summed E-state index contributed by atoms with van der Waals surface area (Å²) in [6, 6.07) is 0.270. The van der Waals surface area contributed by atoms with Crippen molar-refractivity contribution in [3.8, 4) is 0 Å². The Hall–Kier alpha value is -1.36. The van der Waals surface area contributed by atoms with Crippen molar-refractivity contribution in [2.24, 2.45) is 24.8 Å². The molecule has 0 spiro atoms. The standard InChI is InChI=1S/C14H21N3O2/c1-8(11-6-15-17(2)7-11)16-13-10-4-3-9(5-10)12(13)14(18)19/h6-10,12-13,16H,3-5H2,1-2H3,(H,18,19). The molecule has 1 aromatic heterocycles. The number of aromatic nitrogens is 2. The van der Waals surface area contributed by atoms with Crippen molar-refractivity contribution >= 4 is 5.97 Å². The quantitative estimate of drug-likeness (QED) is 0.865. The van der Waals surface area contributed by atoms with Crippen LogP contribution in [-0.2, 0) is 11.8 Å². The number of carbonyl (C=O) groups is 1. The molecule has 0 aliphatic heterocycles. The van der Waals surface area contributed by atoms with Gasteiger partial charge in [-0.25, -0.2) is 0 Å². The third-order valence-electron chi connectivity index (χ3n) is 4.87. The third kappa shape index (κ3) is 2.16. The highest BCUT2D eigenvalue weighted by Crippen LogP contribution is 2.49. The van der Waals surface area contributed by atoms with E-state index in [2.05, 4.69) is 17.3 Å². The molecule has 5 heteroatoms. The lowest BCUT2D eigenvalue weighted by Crippen LogP contribution is -2.45. The van der Waals surface area contributed by atoms with Crippen molar-refractivity contribution in [2.45, 2.75) is 38.3 Å². The smallest absolute Gasteiger partial charge is 0.308 e. The fourth-order valence-corrected chi connectivity index (χ4v) is 3.94. The summed E-state index contributed by atoms with van der Waals surface area (Å²) in [5.41, 5.74) is 1.12. The second-order valence-electron chi connectivity index (χ2n) is 6.06. The lowest BCUT2D eigenvalue weighted by atomic mass is 9.84. The SMILES string of the molecule is CC(NC1C2CCC(C2)C1C(=O)O)c1cnn(C)c1. The van der Waals surface area contributed by atoms with Gasteiger partial charge in [0.25, 0.3) is 0 Å². The van der Waals surface area contributed by atoms with Gasteiger partial charge < -0.3 is 10.4 Å². The Labute approximate surface area is 113 Å². The molecule has 2 saturated carbocycles. The van der Waals surface area contributed by atoms with Crippen LogP contribution in [0.2, 0.25) is 0 Å². The number of fused-ring (bicyclic) bond motifs is 2. The van der Waals surface area contributed by atoms with Gasteiger partial charge in [0, 0.05) is 30.9 Å². The van der Waals surface area contributed by atoms with Crippen molar-refractivity contribution in [3.05, 3.63) is 18.0 Å². The van der Waals surface area contributed by atoms with Crippen molar-refractivity contribution < 1.29 is 9.90 Å². The Morgan fingerprint density at radius 2 is 2.26 bits per heavy atom. The van der Waals surface area contributed by atoms with Crippen LogP contribution in [0.1, 0.15) is 37.8 Å². The van der Waals surface area contributed by atoms with E-state index in [9.17, 15) is 9.90 Å². The second kappa shape index (κ2) is 4.63. The van der Waals surface area contributed by atoms with E-state index in [0.29, 0.717) is 11.8 Å². The number of carboxylic acid groups (broad SMARTS) is 1. The van der Waals surface area contributed by atoms with Crippen LogP contribution >= 0.6 is 0 Å². The molecule has 5 atom stereocenters. The van der Waals surface area contributed by atoms with Crippen LogP contribution in [0.25, 0.3) is 0 Å². The fraction of sp³-hybridized carbons (Fsp3) is 0.714. The van der Waals surface area contributed by atoms with Crippen molar-refractivity contribution in [3.63, 3.8) is 0 Å². The summed E-state index contributed by atoms with van der Waals surface area (Å²) in [5.74, 6) is 0.0623. The molecule has 1 heterocycles. The highest BCUT2D eigenvalue weighted by molar-refractivity contribution is 5.72. The summed E-state index contributed by atoms with van der Waals surface area (Å²) < 4.78 is 1.78. The topological polar surface area (TPSA) is 67.2 Å². The van der Waals surface area contributed by atoms with Gasteiger partial charge in [-0.05, 0) is 38.0 Å². The molecule has 0 amide bonds. The second-order valence-corrected chi connectivity index (χ2v) is 6.06. The van der Waals surface area contributed by atoms with Gasteiger partial charge in [0.1, 0.15) is 0 Å². The van der Waals surface area contributed by atoms with Crippen LogP contribution in [0.4, 0.5) is 0 Å². The first kappa shape index (κ1) is 12.7. The molecule has 5 unspecified atom stereocenters. The third-order valence-corrected chi connectivity index (χ3v) is 4.87. The molecular weight excluding hydrogens is 242 g/mol. The predicted octanol–water partition coefficient (Wildman–Crippen LogP) is 1.57. The van der Waals surface area contributed by atoms with Gasteiger partial charge in [-0.2, -0.15) is 5.10 Å². The maximum atomic E-state index is 11.5. The molecule has 3 rings (SSSR count). The van der Waals surface area contributed by atoms with E-state index in [4.69, 9.17) is 0 Å². The number of hydrogen-bond donors (Lipinski definition) is 2. The van der Waals surface area contributed by atoms with Gasteiger partial charge in [-0.15, -0.1) is 0 Å². The molecule has 0 radical (unpaired) electrons. The number of nitrogens with one attached hydrogen (secondary N) is 1. The number of aliphatic carboxylic acids is 1. The number of hydrogen-bond acceptors (Lipinski definition) is 3. The summed E-state index contributed by atoms with van der Waals surface area (Å²) in [7, 11) is 1.90. The molecule has 19 heavy (non-hydrogen) atoms. The van der Waals surface area contributed by atoms with Crippen LogP contribution in [0.5, 0.6) is 0 Å². The molecule has 104 valence electrons. The Kier molecular flexibility index (Phi) is 3.09. The van der Waals surface area contributed by atoms with Crippen LogP contribution in [-0.4, -0.2) is 26.9 Å². The zero-order valence-electron chi connectivity index (χ0n) is 11.4. The molecule has 0 aromatic carbocycles. The minimum Gasteiger partial charge on any atom is -0.481 e. The summed E-state index contributed by atoms with van der Waals surface area (Å²) in [6.45, 7) is 2.09. The van der Waals surface area contributed by atoms with Gasteiger partial charge in [0.15, 0.2) is 0 Å². The first-order chi connectivity index (χ1) is 9.06. The predicted molar refractivity (Wildman–Crippen MR) is 70.5 cm³/mol. The fourth-order valence-electron chi connectivity index (χ4n) is 3.94. The molecule has 1 aromatic rings. The van der Waals surface area contributed by atoms with Crippen LogP contribution in [0.3, 0.4) is 0 Å². The lowest BCUT2D eigenvalue weighted by Gasteiger charge is -2.31. The molecule has 2 aliphatic carbocycles. The van der Waals surface area contributed by atoms with E-state index >= 15 is 0 Å². The largest absolute Gasteiger partial charge is 0.481 e. The van der Waals surface area contributed by atoms with Crippen molar-refractivity contribution in [1.82, 2.24) is 15.1 Å². The van der Waals surface area contributed by atoms with Crippen LogP contribution < -0.4 is 5.32 Å². The van der Waals surface area contributed by atoms with Gasteiger partial charge >= 0.3 is 5.97 Å². The van der Waals surface area contributed by atoms with Gasteiger partial charge in [0.05, 0.1) is 12.1 Å². The maximum absolute atomic E-state index is 11.5. The number of nitrogens with zero attached hydrogens (tertiary/aromatic N) is 2. The Morgan fingerprint density at radius 3 is 2.89 bits per heavy atom. The minimum atomic E-state index is -0.636. The summed E-state index contributed by atoms with van der Waals surface area (Å²) >= 11 is 0. The average Bonchev–Trinajstić information content (AvgIpc) is 3.03. The van der Waals surface area contributed by atoms with Gasteiger partial charge in [-0.3, -0.25) is 9.48 Å². The van der Waals surface area contributed by atoms with Gasteiger partial charge in [0.2, 0.25) is 0 Å². The van der Waals surface area contributed by atoms with Crippen LogP contribution in [0, 0.1) is 17.8 Å². The molecular formula is C14H21N3O2. The van der Waals surface area contributed by atoms with Gasteiger partial charge in [-0.1, -0.05) is 0 Å². The summed E-state index contributed by atoms with van der Waals surface area (Å²) in [6.07, 6.45) is 7.17. The first-order valence-corrected chi connectivity index (χ1v) is 7.03. The van der Waals surface area contributed by atoms with Crippen molar-refractivity contribution in [2.75, 3.05) is 0 Å². The summed E-state index contributed by atoms with van der Waals surface area (Å²) in [4.78, 5) is 11.5. The summed E-state index contributed by atoms with van der Waals surface area (Å²) in [5, 5.41) is 17.1. The normalized spacial score (nSPS) is 34.6. The van der Waals surface area contributed by atoms with E-state index in [-0.39, 0.29) is 18.0 Å². The Morgan fingerprint density at radius 1 is 1.53 bits per heavy atom. The molecule has 0 saturated heterocycles.